The van der Waals surface area contributed by atoms with Gasteiger partial charge in [-0.05, 0) is 48.2 Å². The quantitative estimate of drug-likeness (QED) is 0.298. The maximum atomic E-state index is 14.1. The van der Waals surface area contributed by atoms with Crippen LogP contribution in [0.4, 0.5) is 13.2 Å². The van der Waals surface area contributed by atoms with Gasteiger partial charge in [-0.25, -0.2) is 0 Å². The van der Waals surface area contributed by atoms with E-state index >= 15 is 0 Å². The molecule has 0 unspecified atom stereocenters. The second kappa shape index (κ2) is 14.3. The number of carbonyl (C=O) groups is 3. The van der Waals surface area contributed by atoms with Crippen LogP contribution in [0.15, 0.2) is 84.9 Å². The lowest BCUT2D eigenvalue weighted by molar-refractivity contribution is -0.149. The van der Waals surface area contributed by atoms with Crippen LogP contribution in [0.1, 0.15) is 31.4 Å². The Balaban J connectivity index is 1.96. The van der Waals surface area contributed by atoms with Crippen LogP contribution < -0.4 is 11.1 Å². The molecule has 0 bridgehead atoms. The van der Waals surface area contributed by atoms with E-state index in [0.717, 1.165) is 21.2 Å². The molecule has 3 aromatic carbocycles. The number of nitrogens with zero attached hydrogens (tertiary/aromatic N) is 2. The van der Waals surface area contributed by atoms with Crippen molar-refractivity contribution in [2.45, 2.75) is 56.9 Å². The number of benzene rings is 3. The number of alkyl halides is 3. The Kier molecular flexibility index (Phi) is 11.1. The maximum Gasteiger partial charge on any atom is 0.405 e. The van der Waals surface area contributed by atoms with Crippen molar-refractivity contribution in [3.8, 4) is 0 Å². The first-order valence-corrected chi connectivity index (χ1v) is 14.0. The van der Waals surface area contributed by atoms with Crippen LogP contribution in [-0.4, -0.2) is 72.0 Å². The molecule has 0 spiro atoms. The van der Waals surface area contributed by atoms with E-state index in [-0.39, 0.29) is 12.8 Å². The van der Waals surface area contributed by atoms with Crippen molar-refractivity contribution in [1.29, 1.82) is 0 Å². The summed E-state index contributed by atoms with van der Waals surface area (Å²) in [6, 6.07) is 19.8. The van der Waals surface area contributed by atoms with Gasteiger partial charge in [-0.3, -0.25) is 14.4 Å². The first kappa shape index (κ1) is 33.3. The molecular formula is C33H39F3N4O3. The third-order valence-corrected chi connectivity index (χ3v) is 7.10. The van der Waals surface area contributed by atoms with Crippen LogP contribution in [0, 0.1) is 0 Å². The highest BCUT2D eigenvalue weighted by atomic mass is 19.4. The van der Waals surface area contributed by atoms with E-state index in [0.29, 0.717) is 12.0 Å². The monoisotopic (exact) mass is 596 g/mol. The summed E-state index contributed by atoms with van der Waals surface area (Å²) in [6.07, 6.45) is -1.09. The summed E-state index contributed by atoms with van der Waals surface area (Å²) in [5, 5.41) is 3.88. The number of amides is 3. The Morgan fingerprint density at radius 2 is 1.44 bits per heavy atom. The second-order valence-electron chi connectivity index (χ2n) is 11.4. The van der Waals surface area contributed by atoms with Crippen molar-refractivity contribution in [3.63, 3.8) is 0 Å². The molecule has 7 nitrogen and oxygen atoms in total. The highest BCUT2D eigenvalue weighted by molar-refractivity contribution is 5.95. The van der Waals surface area contributed by atoms with E-state index < -0.39 is 48.1 Å². The topological polar surface area (TPSA) is 95.7 Å². The van der Waals surface area contributed by atoms with Crippen molar-refractivity contribution >= 4 is 28.5 Å². The van der Waals surface area contributed by atoms with Gasteiger partial charge in [0, 0.05) is 32.5 Å². The molecule has 0 saturated carbocycles. The van der Waals surface area contributed by atoms with Gasteiger partial charge in [0.25, 0.3) is 0 Å². The number of likely N-dealkylation sites (N-methyl/N-ethyl adjacent to an activating group) is 2. The molecule has 0 aromatic heterocycles. The SMILES string of the molecule is CN(C(=O)C=CCC(C)(C)N)[C@H](Cc1ccc2ccccc2c1)C(=O)N(C)[C@H](Cc1ccccc1)C(=O)NCC(F)(F)F. The molecule has 0 fully saturated rings. The van der Waals surface area contributed by atoms with Gasteiger partial charge in [-0.2, -0.15) is 13.2 Å². The fraction of sp³-hybridized carbons (Fsp3) is 0.364. The van der Waals surface area contributed by atoms with Crippen LogP contribution in [-0.2, 0) is 27.2 Å². The molecule has 3 amide bonds. The molecule has 0 saturated heterocycles. The fourth-order valence-electron chi connectivity index (χ4n) is 4.65. The van der Waals surface area contributed by atoms with Crippen molar-refractivity contribution < 1.29 is 27.6 Å². The Labute approximate surface area is 250 Å². The summed E-state index contributed by atoms with van der Waals surface area (Å²) in [5.74, 6) is -1.97. The van der Waals surface area contributed by atoms with E-state index in [1.807, 2.05) is 61.6 Å². The molecule has 0 aliphatic heterocycles. The molecule has 230 valence electrons. The van der Waals surface area contributed by atoms with E-state index in [9.17, 15) is 27.6 Å². The Bertz CT molecular complexity index is 1430. The average Bonchev–Trinajstić information content (AvgIpc) is 2.95. The fourth-order valence-corrected chi connectivity index (χ4v) is 4.65. The zero-order valence-electron chi connectivity index (χ0n) is 24.9. The van der Waals surface area contributed by atoms with Gasteiger partial charge in [-0.15, -0.1) is 0 Å². The predicted octanol–water partition coefficient (Wildman–Crippen LogP) is 4.64. The largest absolute Gasteiger partial charge is 0.405 e. The summed E-state index contributed by atoms with van der Waals surface area (Å²) in [7, 11) is 2.87. The molecule has 3 aromatic rings. The number of halogens is 3. The number of hydrogen-bond donors (Lipinski definition) is 2. The lowest BCUT2D eigenvalue weighted by Gasteiger charge is -2.34. The van der Waals surface area contributed by atoms with Crippen molar-refractivity contribution in [2.24, 2.45) is 5.73 Å². The minimum atomic E-state index is -4.62. The number of carbonyl (C=O) groups excluding carboxylic acids is 3. The van der Waals surface area contributed by atoms with Crippen LogP contribution >= 0.6 is 0 Å². The Morgan fingerprint density at radius 3 is 2.07 bits per heavy atom. The molecule has 0 radical (unpaired) electrons. The van der Waals surface area contributed by atoms with Crippen LogP contribution in [0.2, 0.25) is 0 Å². The Hall–Kier alpha value is -4.18. The molecular weight excluding hydrogens is 557 g/mol. The van der Waals surface area contributed by atoms with E-state index in [1.165, 1.54) is 25.1 Å². The van der Waals surface area contributed by atoms with Gasteiger partial charge in [0.2, 0.25) is 17.7 Å². The summed E-state index contributed by atoms with van der Waals surface area (Å²) >= 11 is 0. The highest BCUT2D eigenvalue weighted by Crippen LogP contribution is 2.21. The number of fused-ring (bicyclic) bond motifs is 1. The molecule has 0 heterocycles. The van der Waals surface area contributed by atoms with Crippen LogP contribution in [0.5, 0.6) is 0 Å². The van der Waals surface area contributed by atoms with Gasteiger partial charge in [0.15, 0.2) is 0 Å². The van der Waals surface area contributed by atoms with Crippen molar-refractivity contribution in [2.75, 3.05) is 20.6 Å². The number of nitrogens with two attached hydrogens (primary N) is 1. The van der Waals surface area contributed by atoms with Gasteiger partial charge in [0.1, 0.15) is 18.6 Å². The smallest absolute Gasteiger partial charge is 0.345 e. The second-order valence-corrected chi connectivity index (χ2v) is 11.4. The van der Waals surface area contributed by atoms with Crippen LogP contribution in [0.3, 0.4) is 0 Å². The zero-order valence-corrected chi connectivity index (χ0v) is 24.9. The van der Waals surface area contributed by atoms with Crippen molar-refractivity contribution in [3.05, 3.63) is 96.1 Å². The number of rotatable bonds is 12. The summed E-state index contributed by atoms with van der Waals surface area (Å²) < 4.78 is 38.9. The molecule has 0 aliphatic carbocycles. The summed E-state index contributed by atoms with van der Waals surface area (Å²) in [4.78, 5) is 42.9. The first-order chi connectivity index (χ1) is 20.1. The predicted molar refractivity (Wildman–Crippen MR) is 162 cm³/mol. The van der Waals surface area contributed by atoms with Crippen molar-refractivity contribution in [1.82, 2.24) is 15.1 Å². The maximum absolute atomic E-state index is 14.1. The van der Waals surface area contributed by atoms with Gasteiger partial charge >= 0.3 is 6.18 Å². The van der Waals surface area contributed by atoms with E-state index in [1.54, 1.807) is 36.4 Å². The molecule has 3 rings (SSSR count). The lowest BCUT2D eigenvalue weighted by Crippen LogP contribution is -2.56. The molecule has 10 heteroatoms. The third-order valence-electron chi connectivity index (χ3n) is 7.10. The molecule has 2 atom stereocenters. The first-order valence-electron chi connectivity index (χ1n) is 14.0. The average molecular weight is 597 g/mol. The van der Waals surface area contributed by atoms with E-state index in [4.69, 9.17) is 5.73 Å². The highest BCUT2D eigenvalue weighted by Gasteiger charge is 2.36. The van der Waals surface area contributed by atoms with Crippen LogP contribution in [0.25, 0.3) is 10.8 Å². The standard InChI is InChI=1S/C33H39F3N4O3/c1-32(2,37)18-10-15-29(41)39(3)28(21-24-16-17-25-13-8-9-14-26(25)19-24)31(43)40(4)27(20-23-11-6-5-7-12-23)30(42)38-22-33(34,35)36/h5-17,19,27-28H,18,20-22,37H2,1-4H3,(H,38,42)/t27-,28-/m1/s1. The third kappa shape index (κ3) is 10.2. The molecule has 43 heavy (non-hydrogen) atoms. The lowest BCUT2D eigenvalue weighted by atomic mass is 9.98. The molecule has 0 aliphatic rings. The van der Waals surface area contributed by atoms with Gasteiger partial charge < -0.3 is 20.9 Å². The summed E-state index contributed by atoms with van der Waals surface area (Å²) in [6.45, 7) is 2.12. The van der Waals surface area contributed by atoms with Gasteiger partial charge in [0.05, 0.1) is 0 Å². The normalized spacial score (nSPS) is 13.5. The minimum absolute atomic E-state index is 0.0153. The van der Waals surface area contributed by atoms with E-state index in [2.05, 4.69) is 0 Å². The Morgan fingerprint density at radius 1 is 0.837 bits per heavy atom. The number of nitrogens with one attached hydrogen (secondary N) is 1. The number of hydrogen-bond acceptors (Lipinski definition) is 4. The summed E-state index contributed by atoms with van der Waals surface area (Å²) in [5.41, 5.74) is 6.93. The van der Waals surface area contributed by atoms with Gasteiger partial charge in [-0.1, -0.05) is 78.9 Å². The molecule has 3 N–H and O–H groups in total. The zero-order chi connectivity index (χ0) is 31.8. The minimum Gasteiger partial charge on any atom is -0.345 e.